The number of hydrogen-bond acceptors (Lipinski definition) is 4. The standard InChI is InChI=1S/C9H7BrFN3O2/c10-8-7(4-2-6(12)14-13-4)3(11)1-5(15)9(8)16/h1-2,15-16H,(H3,12,13,14). The van der Waals surface area contributed by atoms with Crippen LogP contribution in [0.3, 0.4) is 0 Å². The summed E-state index contributed by atoms with van der Waals surface area (Å²) in [6.45, 7) is 0. The molecule has 5 N–H and O–H groups in total. The molecule has 0 unspecified atom stereocenters. The van der Waals surface area contributed by atoms with E-state index in [1.807, 2.05) is 0 Å². The fourth-order valence-corrected chi connectivity index (χ4v) is 1.91. The number of nitrogen functional groups attached to an aromatic ring is 1. The molecule has 1 aromatic carbocycles. The third-order valence-corrected chi connectivity index (χ3v) is 2.81. The highest BCUT2D eigenvalue weighted by molar-refractivity contribution is 9.10. The number of nitrogens with zero attached hydrogens (tertiary/aromatic N) is 1. The van der Waals surface area contributed by atoms with Crippen molar-refractivity contribution in [1.29, 1.82) is 0 Å². The van der Waals surface area contributed by atoms with Gasteiger partial charge in [-0.2, -0.15) is 5.10 Å². The van der Waals surface area contributed by atoms with E-state index in [1.165, 1.54) is 6.07 Å². The van der Waals surface area contributed by atoms with Crippen molar-refractivity contribution in [1.82, 2.24) is 10.2 Å². The summed E-state index contributed by atoms with van der Waals surface area (Å²) < 4.78 is 13.6. The Morgan fingerprint density at radius 1 is 1.38 bits per heavy atom. The maximum Gasteiger partial charge on any atom is 0.172 e. The van der Waals surface area contributed by atoms with Gasteiger partial charge in [-0.25, -0.2) is 4.39 Å². The first kappa shape index (κ1) is 10.7. The van der Waals surface area contributed by atoms with E-state index in [1.54, 1.807) is 0 Å². The number of benzene rings is 1. The van der Waals surface area contributed by atoms with E-state index in [0.29, 0.717) is 5.69 Å². The summed E-state index contributed by atoms with van der Waals surface area (Å²) in [7, 11) is 0. The van der Waals surface area contributed by atoms with E-state index in [0.717, 1.165) is 6.07 Å². The van der Waals surface area contributed by atoms with Crippen molar-refractivity contribution in [3.63, 3.8) is 0 Å². The highest BCUT2D eigenvalue weighted by Gasteiger charge is 2.18. The molecule has 0 atom stereocenters. The molecule has 5 nitrogen and oxygen atoms in total. The predicted molar refractivity (Wildman–Crippen MR) is 59.4 cm³/mol. The lowest BCUT2D eigenvalue weighted by Gasteiger charge is -2.07. The number of aromatic nitrogens is 2. The van der Waals surface area contributed by atoms with Gasteiger partial charge < -0.3 is 15.9 Å². The Balaban J connectivity index is 2.70. The zero-order valence-electron chi connectivity index (χ0n) is 7.83. The molecular formula is C9H7BrFN3O2. The molecule has 0 fully saturated rings. The number of H-pyrrole nitrogens is 1. The molecule has 0 aliphatic carbocycles. The van der Waals surface area contributed by atoms with Gasteiger partial charge in [0.25, 0.3) is 0 Å². The average Bonchev–Trinajstić information content (AvgIpc) is 2.61. The van der Waals surface area contributed by atoms with Gasteiger partial charge >= 0.3 is 0 Å². The van der Waals surface area contributed by atoms with Crippen molar-refractivity contribution in [3.8, 4) is 22.8 Å². The van der Waals surface area contributed by atoms with Crippen LogP contribution in [0.1, 0.15) is 0 Å². The molecule has 0 aliphatic rings. The topological polar surface area (TPSA) is 95.2 Å². The number of aromatic amines is 1. The number of nitrogens with one attached hydrogen (secondary N) is 1. The Morgan fingerprint density at radius 3 is 2.62 bits per heavy atom. The van der Waals surface area contributed by atoms with Crippen LogP contribution in [0.15, 0.2) is 16.6 Å². The van der Waals surface area contributed by atoms with Gasteiger partial charge in [-0.15, -0.1) is 0 Å². The zero-order chi connectivity index (χ0) is 11.9. The number of nitrogens with two attached hydrogens (primary N) is 1. The molecular weight excluding hydrogens is 281 g/mol. The highest BCUT2D eigenvalue weighted by atomic mass is 79.9. The number of anilines is 1. The van der Waals surface area contributed by atoms with Crippen molar-refractivity contribution < 1.29 is 14.6 Å². The minimum absolute atomic E-state index is 0.0358. The van der Waals surface area contributed by atoms with Crippen LogP contribution in [-0.2, 0) is 0 Å². The quantitative estimate of drug-likeness (QED) is 0.603. The van der Waals surface area contributed by atoms with Gasteiger partial charge in [0.1, 0.15) is 11.6 Å². The summed E-state index contributed by atoms with van der Waals surface area (Å²) in [5.74, 6) is -1.48. The molecule has 2 aromatic rings. The number of phenolic OH excluding ortho intramolecular Hbond substituents is 2. The molecule has 0 spiro atoms. The largest absolute Gasteiger partial charge is 0.504 e. The van der Waals surface area contributed by atoms with Gasteiger partial charge in [-0.05, 0) is 15.9 Å². The molecule has 0 saturated heterocycles. The average molecular weight is 288 g/mol. The fourth-order valence-electron chi connectivity index (χ4n) is 1.31. The second kappa shape index (κ2) is 3.67. The van der Waals surface area contributed by atoms with Gasteiger partial charge in [0.2, 0.25) is 0 Å². The molecule has 2 rings (SSSR count). The lowest BCUT2D eigenvalue weighted by molar-refractivity contribution is 0.398. The predicted octanol–water partition coefficient (Wildman–Crippen LogP) is 1.97. The molecule has 0 amide bonds. The van der Waals surface area contributed by atoms with Gasteiger partial charge in [-0.1, -0.05) is 0 Å². The third kappa shape index (κ3) is 1.58. The van der Waals surface area contributed by atoms with Crippen LogP contribution in [0.4, 0.5) is 10.2 Å². The monoisotopic (exact) mass is 287 g/mol. The number of phenols is 2. The van der Waals surface area contributed by atoms with Crippen molar-refractivity contribution in [2.75, 3.05) is 5.73 Å². The normalized spacial score (nSPS) is 10.6. The summed E-state index contributed by atoms with van der Waals surface area (Å²) in [5.41, 5.74) is 5.75. The maximum absolute atomic E-state index is 13.6. The first-order valence-electron chi connectivity index (χ1n) is 4.22. The highest BCUT2D eigenvalue weighted by Crippen LogP contribution is 2.42. The van der Waals surface area contributed by atoms with Gasteiger partial charge in [-0.3, -0.25) is 5.10 Å². The minimum Gasteiger partial charge on any atom is -0.504 e. The Kier molecular flexibility index (Phi) is 2.47. The SMILES string of the molecule is Nc1cc(-c2c(F)cc(O)c(O)c2Br)[nH]n1. The molecule has 0 aliphatic heterocycles. The molecule has 1 heterocycles. The van der Waals surface area contributed by atoms with E-state index in [2.05, 4.69) is 26.1 Å². The minimum atomic E-state index is -0.703. The van der Waals surface area contributed by atoms with Gasteiger partial charge in [0, 0.05) is 12.1 Å². The van der Waals surface area contributed by atoms with E-state index in [-0.39, 0.29) is 15.9 Å². The van der Waals surface area contributed by atoms with Crippen molar-refractivity contribution in [2.24, 2.45) is 0 Å². The van der Waals surface area contributed by atoms with Crippen LogP contribution < -0.4 is 5.73 Å². The summed E-state index contributed by atoms with van der Waals surface area (Å²) >= 11 is 2.99. The van der Waals surface area contributed by atoms with E-state index in [9.17, 15) is 14.6 Å². The second-order valence-corrected chi connectivity index (χ2v) is 3.91. The van der Waals surface area contributed by atoms with Gasteiger partial charge in [0.05, 0.1) is 15.7 Å². The fraction of sp³-hybridized carbons (Fsp3) is 0. The second-order valence-electron chi connectivity index (χ2n) is 3.12. The smallest absolute Gasteiger partial charge is 0.172 e. The van der Waals surface area contributed by atoms with Crippen LogP contribution in [-0.4, -0.2) is 20.4 Å². The lowest BCUT2D eigenvalue weighted by Crippen LogP contribution is -1.88. The van der Waals surface area contributed by atoms with Crippen LogP contribution in [0.5, 0.6) is 11.5 Å². The van der Waals surface area contributed by atoms with Crippen LogP contribution in [0.2, 0.25) is 0 Å². The summed E-state index contributed by atoms with van der Waals surface area (Å²) in [5, 5.41) is 24.8. The molecule has 1 aromatic heterocycles. The lowest BCUT2D eigenvalue weighted by atomic mass is 10.1. The summed E-state index contributed by atoms with van der Waals surface area (Å²) in [4.78, 5) is 0. The molecule has 0 saturated carbocycles. The molecule has 0 radical (unpaired) electrons. The zero-order valence-corrected chi connectivity index (χ0v) is 9.42. The number of aromatic hydroxyl groups is 2. The number of rotatable bonds is 1. The van der Waals surface area contributed by atoms with Gasteiger partial charge in [0.15, 0.2) is 11.5 Å². The van der Waals surface area contributed by atoms with Crippen molar-refractivity contribution in [2.45, 2.75) is 0 Å². The van der Waals surface area contributed by atoms with E-state index >= 15 is 0 Å². The van der Waals surface area contributed by atoms with Crippen LogP contribution in [0, 0.1) is 5.82 Å². The van der Waals surface area contributed by atoms with E-state index < -0.39 is 17.3 Å². The molecule has 84 valence electrons. The molecule has 16 heavy (non-hydrogen) atoms. The first-order valence-corrected chi connectivity index (χ1v) is 5.01. The Labute approximate surface area is 97.8 Å². The van der Waals surface area contributed by atoms with E-state index in [4.69, 9.17) is 5.73 Å². The van der Waals surface area contributed by atoms with Crippen LogP contribution >= 0.6 is 15.9 Å². The number of hydrogen-bond donors (Lipinski definition) is 4. The first-order chi connectivity index (χ1) is 7.50. The van der Waals surface area contributed by atoms with Crippen molar-refractivity contribution >= 4 is 21.7 Å². The molecule has 0 bridgehead atoms. The van der Waals surface area contributed by atoms with Crippen LogP contribution in [0.25, 0.3) is 11.3 Å². The summed E-state index contributed by atoms with van der Waals surface area (Å²) in [6, 6.07) is 2.23. The Bertz CT molecular complexity index is 556. The van der Waals surface area contributed by atoms with Crippen molar-refractivity contribution in [3.05, 3.63) is 22.4 Å². The molecule has 7 heteroatoms. The Morgan fingerprint density at radius 2 is 2.06 bits per heavy atom. The summed E-state index contributed by atoms with van der Waals surface area (Å²) in [6.07, 6.45) is 0. The number of halogens is 2. The Hall–Kier alpha value is -1.76. The third-order valence-electron chi connectivity index (χ3n) is 2.04. The maximum atomic E-state index is 13.6.